The quantitative estimate of drug-likeness (QED) is 0.373. The Kier molecular flexibility index (Phi) is 4.52. The summed E-state index contributed by atoms with van der Waals surface area (Å²) in [5.74, 6) is 1.48. The second-order valence-corrected chi connectivity index (χ2v) is 7.47. The van der Waals surface area contributed by atoms with E-state index in [9.17, 15) is 0 Å². The highest BCUT2D eigenvalue weighted by molar-refractivity contribution is 5.80. The number of nitrogens with one attached hydrogen (secondary N) is 1. The van der Waals surface area contributed by atoms with Crippen molar-refractivity contribution in [3.8, 4) is 11.3 Å². The van der Waals surface area contributed by atoms with E-state index in [1.807, 2.05) is 54.6 Å². The van der Waals surface area contributed by atoms with Crippen LogP contribution in [0.15, 0.2) is 94.4 Å². The smallest absolute Gasteiger partial charge is 0.146 e. The molecule has 0 unspecified atom stereocenters. The Hall–Kier alpha value is -3.92. The van der Waals surface area contributed by atoms with E-state index in [2.05, 4.69) is 59.7 Å². The van der Waals surface area contributed by atoms with Crippen molar-refractivity contribution in [3.63, 3.8) is 0 Å². The molecule has 0 fully saturated rings. The summed E-state index contributed by atoms with van der Waals surface area (Å²) in [5.41, 5.74) is 8.23. The summed E-state index contributed by atoms with van der Waals surface area (Å²) in [6, 6.07) is 28.4. The molecule has 1 N–H and O–H groups in total. The van der Waals surface area contributed by atoms with Gasteiger partial charge < -0.3 is 4.42 Å². The van der Waals surface area contributed by atoms with Crippen LogP contribution in [-0.2, 0) is 0 Å². The highest BCUT2D eigenvalue weighted by Crippen LogP contribution is 2.23. The first-order chi connectivity index (χ1) is 14.7. The molecule has 0 aliphatic carbocycles. The molecule has 0 atom stereocenters. The van der Waals surface area contributed by atoms with Crippen LogP contribution in [-0.4, -0.2) is 4.98 Å². The van der Waals surface area contributed by atoms with Crippen LogP contribution < -0.4 is 10.8 Å². The van der Waals surface area contributed by atoms with Crippen LogP contribution in [0.3, 0.4) is 0 Å². The van der Waals surface area contributed by atoms with Crippen molar-refractivity contribution in [2.24, 2.45) is 5.10 Å². The fourth-order valence-corrected chi connectivity index (χ4v) is 3.47. The van der Waals surface area contributed by atoms with E-state index in [0.717, 1.165) is 44.1 Å². The first-order valence-electron chi connectivity index (χ1n) is 9.93. The lowest BCUT2D eigenvalue weighted by Gasteiger charge is -2.07. The molecular formula is C26H21N3O. The highest BCUT2D eigenvalue weighted by Gasteiger charge is 2.07. The first-order valence-corrected chi connectivity index (χ1v) is 9.93. The summed E-state index contributed by atoms with van der Waals surface area (Å²) in [6.45, 7) is 4.13. The third-order valence-electron chi connectivity index (χ3n) is 5.13. The van der Waals surface area contributed by atoms with Crippen molar-refractivity contribution in [3.05, 3.63) is 101 Å². The molecule has 5 aromatic rings. The van der Waals surface area contributed by atoms with Gasteiger partial charge in [-0.2, -0.15) is 5.10 Å². The minimum absolute atomic E-state index is 0.701. The van der Waals surface area contributed by atoms with Crippen molar-refractivity contribution in [2.45, 2.75) is 13.8 Å². The Balaban J connectivity index is 1.63. The molecule has 5 rings (SSSR count). The zero-order chi connectivity index (χ0) is 20.5. The fourth-order valence-electron chi connectivity index (χ4n) is 3.47. The lowest BCUT2D eigenvalue weighted by Crippen LogP contribution is -2.08. The Morgan fingerprint density at radius 3 is 2.47 bits per heavy atom. The van der Waals surface area contributed by atoms with Crippen LogP contribution in [0, 0.1) is 13.8 Å². The summed E-state index contributed by atoms with van der Waals surface area (Å²) in [4.78, 5) is 4.65. The van der Waals surface area contributed by atoms with E-state index in [1.54, 1.807) is 0 Å². The maximum absolute atomic E-state index is 6.22. The van der Waals surface area contributed by atoms with Crippen molar-refractivity contribution < 1.29 is 4.42 Å². The van der Waals surface area contributed by atoms with Gasteiger partial charge in [-0.05, 0) is 49.7 Å². The first kappa shape index (κ1) is 18.1. The number of nitrogens with zero attached hydrogens (tertiary/aromatic N) is 2. The van der Waals surface area contributed by atoms with Gasteiger partial charge in [0.05, 0.1) is 10.9 Å². The third kappa shape index (κ3) is 3.55. The number of hydrogen-bond donors (Lipinski definition) is 1. The van der Waals surface area contributed by atoms with Gasteiger partial charge in [-0.1, -0.05) is 54.1 Å². The molecule has 0 bridgehead atoms. The van der Waals surface area contributed by atoms with Crippen LogP contribution in [0.1, 0.15) is 11.1 Å². The monoisotopic (exact) mass is 391 g/mol. The number of para-hydroxylation sites is 1. The molecule has 0 amide bonds. The van der Waals surface area contributed by atoms with Crippen LogP contribution in [0.5, 0.6) is 0 Å². The summed E-state index contributed by atoms with van der Waals surface area (Å²) in [5, 5.41) is 7.53. The number of fused-ring (bicyclic) bond motifs is 2. The van der Waals surface area contributed by atoms with Gasteiger partial charge in [-0.15, -0.1) is 0 Å². The maximum atomic E-state index is 6.22. The molecule has 2 aromatic heterocycles. The van der Waals surface area contributed by atoms with E-state index in [0.29, 0.717) is 5.82 Å². The number of benzene rings is 3. The number of aromatic nitrogens is 1. The van der Waals surface area contributed by atoms with Gasteiger partial charge in [0.15, 0.2) is 0 Å². The molecule has 0 aliphatic heterocycles. The predicted octanol–water partition coefficient (Wildman–Crippen LogP) is 6.19. The van der Waals surface area contributed by atoms with Gasteiger partial charge >= 0.3 is 0 Å². The van der Waals surface area contributed by atoms with Gasteiger partial charge in [0.1, 0.15) is 17.2 Å². The molecule has 2 heterocycles. The van der Waals surface area contributed by atoms with E-state index < -0.39 is 0 Å². The number of rotatable bonds is 3. The second-order valence-electron chi connectivity index (χ2n) is 7.47. The van der Waals surface area contributed by atoms with Crippen LogP contribution in [0.4, 0.5) is 5.82 Å². The molecule has 0 saturated carbocycles. The topological polar surface area (TPSA) is 50.4 Å². The summed E-state index contributed by atoms with van der Waals surface area (Å²) in [6.07, 6.45) is 0. The molecule has 0 radical (unpaired) electrons. The molecule has 30 heavy (non-hydrogen) atoms. The second kappa shape index (κ2) is 7.48. The Bertz CT molecular complexity index is 1430. The van der Waals surface area contributed by atoms with Crippen molar-refractivity contribution in [1.29, 1.82) is 0 Å². The number of anilines is 1. The van der Waals surface area contributed by atoms with Crippen molar-refractivity contribution >= 4 is 27.7 Å². The molecule has 0 saturated heterocycles. The van der Waals surface area contributed by atoms with Crippen LogP contribution in [0.2, 0.25) is 0 Å². The fraction of sp³-hybridized carbons (Fsp3) is 0.0769. The van der Waals surface area contributed by atoms with Crippen molar-refractivity contribution in [2.75, 3.05) is 5.43 Å². The standard InChI is InChI=1S/C26H21N3O/c1-17-7-10-20(11-8-17)24-16-23(21-13-9-18(2)15-25(21)30-24)28-29-26-14-12-19-5-3-4-6-22(19)27-26/h3-16H,1-2H3,(H,27,29)/b28-23+. The molecule has 0 aliphatic rings. The lowest BCUT2D eigenvalue weighted by molar-refractivity contribution is 0.618. The van der Waals surface area contributed by atoms with Crippen molar-refractivity contribution in [1.82, 2.24) is 4.98 Å². The summed E-state index contributed by atoms with van der Waals surface area (Å²) >= 11 is 0. The SMILES string of the molecule is Cc1ccc(-c2c/c(=N\Nc3ccc4ccccc4n3)c3ccc(C)cc3o2)cc1. The average Bonchev–Trinajstić information content (AvgIpc) is 2.77. The zero-order valence-corrected chi connectivity index (χ0v) is 16.9. The highest BCUT2D eigenvalue weighted by atomic mass is 16.3. The minimum Gasteiger partial charge on any atom is -0.456 e. The molecule has 4 nitrogen and oxygen atoms in total. The summed E-state index contributed by atoms with van der Waals surface area (Å²) in [7, 11) is 0. The minimum atomic E-state index is 0.701. The van der Waals surface area contributed by atoms with E-state index in [1.165, 1.54) is 5.56 Å². The van der Waals surface area contributed by atoms with E-state index in [4.69, 9.17) is 4.42 Å². The summed E-state index contributed by atoms with van der Waals surface area (Å²) < 4.78 is 6.22. The Labute approximate surface area is 174 Å². The number of aryl methyl sites for hydroxylation is 2. The van der Waals surface area contributed by atoms with Crippen LogP contribution in [0.25, 0.3) is 33.2 Å². The number of hydrogen-bond acceptors (Lipinski definition) is 4. The Morgan fingerprint density at radius 1 is 0.800 bits per heavy atom. The van der Waals surface area contributed by atoms with Gasteiger partial charge in [0.25, 0.3) is 0 Å². The zero-order valence-electron chi connectivity index (χ0n) is 16.9. The molecule has 146 valence electrons. The number of pyridine rings is 1. The predicted molar refractivity (Wildman–Crippen MR) is 122 cm³/mol. The average molecular weight is 391 g/mol. The molecular weight excluding hydrogens is 370 g/mol. The molecule has 0 spiro atoms. The Morgan fingerprint density at radius 2 is 1.60 bits per heavy atom. The third-order valence-corrected chi connectivity index (χ3v) is 5.13. The normalized spacial score (nSPS) is 11.9. The lowest BCUT2D eigenvalue weighted by atomic mass is 10.1. The van der Waals surface area contributed by atoms with Gasteiger partial charge in [0, 0.05) is 22.4 Å². The van der Waals surface area contributed by atoms with Gasteiger partial charge in [-0.3, -0.25) is 5.43 Å². The van der Waals surface area contributed by atoms with Gasteiger partial charge in [0.2, 0.25) is 0 Å². The van der Waals surface area contributed by atoms with Crippen LogP contribution >= 0.6 is 0 Å². The molecule has 3 aromatic carbocycles. The van der Waals surface area contributed by atoms with E-state index in [-0.39, 0.29) is 0 Å². The molecule has 4 heteroatoms. The van der Waals surface area contributed by atoms with E-state index >= 15 is 0 Å². The largest absolute Gasteiger partial charge is 0.456 e. The van der Waals surface area contributed by atoms with Gasteiger partial charge in [-0.25, -0.2) is 4.98 Å². The maximum Gasteiger partial charge on any atom is 0.146 e.